The lowest BCUT2D eigenvalue weighted by Crippen LogP contribution is -2.40. The summed E-state index contributed by atoms with van der Waals surface area (Å²) in [6.07, 6.45) is 1.29. The van der Waals surface area contributed by atoms with Crippen molar-refractivity contribution >= 4 is 34.7 Å². The van der Waals surface area contributed by atoms with Crippen LogP contribution in [-0.4, -0.2) is 11.7 Å². The number of hydrogen-bond acceptors (Lipinski definition) is 4. The van der Waals surface area contributed by atoms with Gasteiger partial charge in [0, 0.05) is 22.7 Å². The Morgan fingerprint density at radius 3 is 2.53 bits per heavy atom. The minimum Gasteiger partial charge on any atom is -0.464 e. The summed E-state index contributed by atoms with van der Waals surface area (Å²) in [5.41, 5.74) is 3.66. The van der Waals surface area contributed by atoms with Crippen LogP contribution in [0.4, 0.5) is 11.4 Å². The second-order valence-electron chi connectivity index (χ2n) is 9.89. The van der Waals surface area contributed by atoms with Gasteiger partial charge >= 0.3 is 0 Å². The highest BCUT2D eigenvalue weighted by Gasteiger charge is 2.44. The van der Waals surface area contributed by atoms with E-state index in [0.717, 1.165) is 28.4 Å². The Bertz CT molecular complexity index is 1300. The van der Waals surface area contributed by atoms with Crippen LogP contribution in [-0.2, 0) is 16.0 Å². The van der Waals surface area contributed by atoms with Crippen LogP contribution in [0.1, 0.15) is 49.8 Å². The van der Waals surface area contributed by atoms with Gasteiger partial charge in [-0.1, -0.05) is 49.7 Å². The number of halogens is 1. The van der Waals surface area contributed by atoms with Gasteiger partial charge in [0.05, 0.1) is 17.8 Å². The Hall–Kier alpha value is -3.31. The van der Waals surface area contributed by atoms with Gasteiger partial charge < -0.3 is 9.73 Å². The van der Waals surface area contributed by atoms with E-state index >= 15 is 0 Å². The molecular weight excluding hydrogens is 448 g/mol. The molecule has 2 heterocycles. The second kappa shape index (κ2) is 8.48. The van der Waals surface area contributed by atoms with E-state index in [1.165, 1.54) is 0 Å². The van der Waals surface area contributed by atoms with Crippen molar-refractivity contribution < 1.29 is 14.0 Å². The molecule has 0 radical (unpaired) electrons. The van der Waals surface area contributed by atoms with Crippen molar-refractivity contribution in [1.29, 1.82) is 0 Å². The maximum absolute atomic E-state index is 14.0. The maximum atomic E-state index is 14.0. The van der Waals surface area contributed by atoms with Gasteiger partial charge in [-0.2, -0.15) is 0 Å². The van der Waals surface area contributed by atoms with Crippen molar-refractivity contribution in [2.24, 2.45) is 5.41 Å². The first-order valence-corrected chi connectivity index (χ1v) is 11.8. The summed E-state index contributed by atoms with van der Waals surface area (Å²) in [4.78, 5) is 29.3. The minimum atomic E-state index is -0.650. The number of furan rings is 1. The van der Waals surface area contributed by atoms with Crippen molar-refractivity contribution in [3.8, 4) is 0 Å². The van der Waals surface area contributed by atoms with Gasteiger partial charge in [0.2, 0.25) is 5.91 Å². The van der Waals surface area contributed by atoms with E-state index in [2.05, 4.69) is 19.2 Å². The third-order valence-electron chi connectivity index (χ3n) is 6.47. The lowest BCUT2D eigenvalue weighted by atomic mass is 9.74. The molecule has 1 atom stereocenters. The molecule has 0 saturated heterocycles. The Kier molecular flexibility index (Phi) is 5.61. The zero-order valence-corrected chi connectivity index (χ0v) is 20.3. The Labute approximate surface area is 204 Å². The lowest BCUT2D eigenvalue weighted by Gasteiger charge is -2.36. The number of para-hydroxylation sites is 2. The highest BCUT2D eigenvalue weighted by Crippen LogP contribution is 2.48. The molecule has 0 unspecified atom stereocenters. The molecular formula is C28H27ClN2O3. The van der Waals surface area contributed by atoms with Gasteiger partial charge in [-0.05, 0) is 60.7 Å². The number of nitrogens with zero attached hydrogens (tertiary/aromatic N) is 1. The summed E-state index contributed by atoms with van der Waals surface area (Å²) in [5, 5.41) is 4.14. The van der Waals surface area contributed by atoms with Gasteiger partial charge in [0.15, 0.2) is 5.78 Å². The van der Waals surface area contributed by atoms with E-state index in [-0.39, 0.29) is 23.5 Å². The number of ketones is 1. The zero-order valence-electron chi connectivity index (χ0n) is 19.5. The Morgan fingerprint density at radius 2 is 1.82 bits per heavy atom. The van der Waals surface area contributed by atoms with E-state index in [4.69, 9.17) is 16.0 Å². The van der Waals surface area contributed by atoms with Crippen LogP contribution < -0.4 is 10.2 Å². The number of amides is 1. The highest BCUT2D eigenvalue weighted by molar-refractivity contribution is 6.30. The van der Waals surface area contributed by atoms with Crippen LogP contribution in [0.15, 0.2) is 76.4 Å². The number of aryl methyl sites for hydroxylation is 1. The number of anilines is 2. The quantitative estimate of drug-likeness (QED) is 0.463. The van der Waals surface area contributed by atoms with E-state index in [1.54, 1.807) is 17.0 Å². The third kappa shape index (κ3) is 4.16. The zero-order chi connectivity index (χ0) is 24.0. The molecule has 0 spiro atoms. The third-order valence-corrected chi connectivity index (χ3v) is 6.72. The summed E-state index contributed by atoms with van der Waals surface area (Å²) in [6, 6.07) is 18.1. The van der Waals surface area contributed by atoms with Gasteiger partial charge in [0.25, 0.3) is 0 Å². The first-order chi connectivity index (χ1) is 16.2. The predicted octanol–water partition coefficient (Wildman–Crippen LogP) is 6.63. The molecule has 0 bridgehead atoms. The molecule has 0 saturated carbocycles. The highest BCUT2D eigenvalue weighted by atomic mass is 35.5. The summed E-state index contributed by atoms with van der Waals surface area (Å²) < 4.78 is 6.06. The molecule has 174 valence electrons. The fourth-order valence-electron chi connectivity index (χ4n) is 4.99. The first-order valence-electron chi connectivity index (χ1n) is 11.5. The number of carbonyl (C=O) groups excluding carboxylic acids is 2. The van der Waals surface area contributed by atoms with Gasteiger partial charge in [0.1, 0.15) is 17.6 Å². The van der Waals surface area contributed by atoms with Crippen molar-refractivity contribution in [3.63, 3.8) is 0 Å². The maximum Gasteiger partial charge on any atom is 0.232 e. The number of hydrogen-bond donors (Lipinski definition) is 1. The molecule has 3 aromatic rings. The SMILES string of the molecule is Cc1ccc([C@@H]2C3=C(CC(C)(C)CC3=O)Nc3ccccc3N2C(=O)Cc2ccc(Cl)cc2)o1. The Morgan fingerprint density at radius 1 is 1.09 bits per heavy atom. The first kappa shape index (κ1) is 22.5. The summed E-state index contributed by atoms with van der Waals surface area (Å²) in [6.45, 7) is 6.07. The summed E-state index contributed by atoms with van der Waals surface area (Å²) in [5.74, 6) is 1.23. The van der Waals surface area contributed by atoms with Crippen molar-refractivity contribution in [2.45, 2.75) is 46.1 Å². The molecule has 5 rings (SSSR count). The fourth-order valence-corrected chi connectivity index (χ4v) is 5.12. The van der Waals surface area contributed by atoms with Crippen molar-refractivity contribution in [3.05, 3.63) is 94.0 Å². The van der Waals surface area contributed by atoms with E-state index in [0.29, 0.717) is 29.2 Å². The summed E-state index contributed by atoms with van der Waals surface area (Å²) in [7, 11) is 0. The van der Waals surface area contributed by atoms with E-state index < -0.39 is 6.04 Å². The van der Waals surface area contributed by atoms with Crippen LogP contribution in [0.3, 0.4) is 0 Å². The molecule has 34 heavy (non-hydrogen) atoms. The molecule has 1 amide bonds. The molecule has 6 heteroatoms. The number of Topliss-reactive ketones (excluding diaryl/α,β-unsaturated/α-hetero) is 1. The number of nitrogens with one attached hydrogen (secondary N) is 1. The minimum absolute atomic E-state index is 0.0369. The molecule has 0 fully saturated rings. The average Bonchev–Trinajstić information content (AvgIpc) is 3.13. The van der Waals surface area contributed by atoms with Gasteiger partial charge in [-0.3, -0.25) is 14.5 Å². The molecule has 1 N–H and O–H groups in total. The van der Waals surface area contributed by atoms with Crippen molar-refractivity contribution in [2.75, 3.05) is 10.2 Å². The smallest absolute Gasteiger partial charge is 0.232 e. The molecule has 2 aromatic carbocycles. The van der Waals surface area contributed by atoms with E-state index in [9.17, 15) is 9.59 Å². The largest absolute Gasteiger partial charge is 0.464 e. The molecule has 2 aliphatic rings. The van der Waals surface area contributed by atoms with Gasteiger partial charge in [-0.25, -0.2) is 0 Å². The van der Waals surface area contributed by atoms with Gasteiger partial charge in [-0.15, -0.1) is 0 Å². The fraction of sp³-hybridized carbons (Fsp3) is 0.286. The second-order valence-corrected chi connectivity index (χ2v) is 10.3. The van der Waals surface area contributed by atoms with E-state index in [1.807, 2.05) is 55.5 Å². The predicted molar refractivity (Wildman–Crippen MR) is 134 cm³/mol. The number of rotatable bonds is 3. The number of allylic oxidation sites excluding steroid dienone is 1. The topological polar surface area (TPSA) is 62.6 Å². The lowest BCUT2D eigenvalue weighted by molar-refractivity contribution is -0.119. The summed E-state index contributed by atoms with van der Waals surface area (Å²) >= 11 is 6.05. The normalized spacial score (nSPS) is 19.2. The molecule has 1 aliphatic heterocycles. The van der Waals surface area contributed by atoms with Crippen LogP contribution >= 0.6 is 11.6 Å². The standard InChI is InChI=1S/C28H27ClN2O3/c1-17-8-13-24(34-17)27-26-21(15-28(2,3)16-23(26)32)30-20-6-4-5-7-22(20)31(27)25(33)14-18-9-11-19(29)12-10-18/h4-13,27,30H,14-16H2,1-3H3/t27-/m1/s1. The molecule has 5 nitrogen and oxygen atoms in total. The number of fused-ring (bicyclic) bond motifs is 1. The number of carbonyl (C=O) groups is 2. The molecule has 1 aliphatic carbocycles. The van der Waals surface area contributed by atoms with Crippen LogP contribution in [0.5, 0.6) is 0 Å². The molecule has 1 aromatic heterocycles. The number of benzene rings is 2. The van der Waals surface area contributed by atoms with Crippen LogP contribution in [0.25, 0.3) is 0 Å². The van der Waals surface area contributed by atoms with Crippen LogP contribution in [0.2, 0.25) is 5.02 Å². The van der Waals surface area contributed by atoms with Crippen LogP contribution in [0, 0.1) is 12.3 Å². The van der Waals surface area contributed by atoms with Crippen molar-refractivity contribution in [1.82, 2.24) is 0 Å². The Balaban J connectivity index is 1.69. The monoisotopic (exact) mass is 474 g/mol. The average molecular weight is 475 g/mol.